The SMILES string of the molecule is Nc1oncc1-c1ccc2nccnc2c1. The van der Waals surface area contributed by atoms with Gasteiger partial charge in [-0.25, -0.2) is 0 Å². The van der Waals surface area contributed by atoms with E-state index < -0.39 is 0 Å². The first-order valence-corrected chi connectivity index (χ1v) is 4.76. The van der Waals surface area contributed by atoms with Gasteiger partial charge in [0.25, 0.3) is 0 Å². The van der Waals surface area contributed by atoms with Crippen molar-refractivity contribution in [1.82, 2.24) is 15.1 Å². The minimum atomic E-state index is 0.309. The Hall–Kier alpha value is -2.43. The average Bonchev–Trinajstić information content (AvgIpc) is 2.75. The number of aromatic nitrogens is 3. The van der Waals surface area contributed by atoms with E-state index in [-0.39, 0.29) is 0 Å². The van der Waals surface area contributed by atoms with Gasteiger partial charge in [-0.1, -0.05) is 11.2 Å². The van der Waals surface area contributed by atoms with Crippen molar-refractivity contribution < 1.29 is 4.52 Å². The molecule has 1 aromatic carbocycles. The number of nitrogens with zero attached hydrogens (tertiary/aromatic N) is 3. The average molecular weight is 212 g/mol. The first-order chi connectivity index (χ1) is 7.84. The lowest BCUT2D eigenvalue weighted by Gasteiger charge is -1.99. The van der Waals surface area contributed by atoms with E-state index in [1.54, 1.807) is 18.6 Å². The predicted molar refractivity (Wildman–Crippen MR) is 59.4 cm³/mol. The van der Waals surface area contributed by atoms with E-state index in [1.165, 1.54) is 0 Å². The summed E-state index contributed by atoms with van der Waals surface area (Å²) in [6, 6.07) is 5.72. The molecule has 2 N–H and O–H groups in total. The summed E-state index contributed by atoms with van der Waals surface area (Å²) in [5.74, 6) is 0.309. The van der Waals surface area contributed by atoms with Crippen LogP contribution in [0.5, 0.6) is 0 Å². The number of fused-ring (bicyclic) bond motifs is 1. The summed E-state index contributed by atoms with van der Waals surface area (Å²) in [4.78, 5) is 8.42. The molecule has 2 heterocycles. The lowest BCUT2D eigenvalue weighted by atomic mass is 10.1. The second-order valence-corrected chi connectivity index (χ2v) is 3.36. The predicted octanol–water partition coefficient (Wildman–Crippen LogP) is 1.87. The highest BCUT2D eigenvalue weighted by molar-refractivity contribution is 5.83. The molecule has 0 saturated heterocycles. The molecule has 0 fully saturated rings. The van der Waals surface area contributed by atoms with Crippen molar-refractivity contribution >= 4 is 16.9 Å². The van der Waals surface area contributed by atoms with Crippen molar-refractivity contribution in [3.63, 3.8) is 0 Å². The van der Waals surface area contributed by atoms with E-state index in [0.29, 0.717) is 5.88 Å². The zero-order chi connectivity index (χ0) is 11.0. The Kier molecular flexibility index (Phi) is 1.83. The standard InChI is InChI=1S/C11H8N4O/c12-11-8(6-15-16-11)7-1-2-9-10(5-7)14-4-3-13-9/h1-6H,12H2. The van der Waals surface area contributed by atoms with Gasteiger partial charge in [-0.3, -0.25) is 9.97 Å². The maximum absolute atomic E-state index is 5.65. The van der Waals surface area contributed by atoms with Crippen molar-refractivity contribution in [3.8, 4) is 11.1 Å². The van der Waals surface area contributed by atoms with Crippen LogP contribution >= 0.6 is 0 Å². The first-order valence-electron chi connectivity index (χ1n) is 4.76. The molecule has 0 aliphatic heterocycles. The van der Waals surface area contributed by atoms with E-state index in [1.807, 2.05) is 18.2 Å². The van der Waals surface area contributed by atoms with Crippen LogP contribution in [0.4, 0.5) is 5.88 Å². The summed E-state index contributed by atoms with van der Waals surface area (Å²) in [6.45, 7) is 0. The first kappa shape index (κ1) is 8.84. The van der Waals surface area contributed by atoms with Gasteiger partial charge in [-0.15, -0.1) is 0 Å². The topological polar surface area (TPSA) is 77.8 Å². The molecule has 16 heavy (non-hydrogen) atoms. The van der Waals surface area contributed by atoms with Crippen LogP contribution in [0.2, 0.25) is 0 Å². The summed E-state index contributed by atoms with van der Waals surface area (Å²) < 4.78 is 4.82. The Morgan fingerprint density at radius 1 is 1.06 bits per heavy atom. The van der Waals surface area contributed by atoms with E-state index in [4.69, 9.17) is 10.3 Å². The fourth-order valence-electron chi connectivity index (χ4n) is 1.60. The minimum Gasteiger partial charge on any atom is -0.367 e. The van der Waals surface area contributed by atoms with Crippen molar-refractivity contribution in [2.75, 3.05) is 5.73 Å². The van der Waals surface area contributed by atoms with Gasteiger partial charge in [0.2, 0.25) is 5.88 Å². The van der Waals surface area contributed by atoms with Crippen LogP contribution in [-0.2, 0) is 0 Å². The minimum absolute atomic E-state index is 0.309. The molecule has 0 atom stereocenters. The smallest absolute Gasteiger partial charge is 0.229 e. The molecule has 0 bridgehead atoms. The van der Waals surface area contributed by atoms with Crippen molar-refractivity contribution in [1.29, 1.82) is 0 Å². The largest absolute Gasteiger partial charge is 0.367 e. The van der Waals surface area contributed by atoms with Crippen LogP contribution in [0.25, 0.3) is 22.2 Å². The molecule has 0 amide bonds. The normalized spacial score (nSPS) is 10.8. The summed E-state index contributed by atoms with van der Waals surface area (Å²) in [5.41, 5.74) is 9.01. The zero-order valence-electron chi connectivity index (χ0n) is 8.29. The van der Waals surface area contributed by atoms with Crippen LogP contribution in [0, 0.1) is 0 Å². The molecule has 78 valence electrons. The van der Waals surface area contributed by atoms with Crippen LogP contribution < -0.4 is 5.73 Å². The van der Waals surface area contributed by atoms with Crippen LogP contribution in [0.3, 0.4) is 0 Å². The number of anilines is 1. The number of hydrogen-bond acceptors (Lipinski definition) is 5. The second-order valence-electron chi connectivity index (χ2n) is 3.36. The molecule has 0 aliphatic carbocycles. The molecule has 2 aromatic heterocycles. The third-order valence-electron chi connectivity index (χ3n) is 2.38. The Labute approximate surface area is 90.9 Å². The van der Waals surface area contributed by atoms with Gasteiger partial charge in [-0.2, -0.15) is 0 Å². The maximum atomic E-state index is 5.65. The molecule has 0 radical (unpaired) electrons. The number of rotatable bonds is 1. The van der Waals surface area contributed by atoms with E-state index in [9.17, 15) is 0 Å². The molecule has 0 unspecified atom stereocenters. The van der Waals surface area contributed by atoms with Gasteiger partial charge >= 0.3 is 0 Å². The number of hydrogen-bond donors (Lipinski definition) is 1. The summed E-state index contributed by atoms with van der Waals surface area (Å²) in [7, 11) is 0. The number of nitrogen functional groups attached to an aromatic ring is 1. The van der Waals surface area contributed by atoms with Gasteiger partial charge in [0.05, 0.1) is 22.8 Å². The van der Waals surface area contributed by atoms with Gasteiger partial charge in [-0.05, 0) is 17.7 Å². The highest BCUT2D eigenvalue weighted by atomic mass is 16.5. The fraction of sp³-hybridized carbons (Fsp3) is 0. The molecule has 5 heteroatoms. The van der Waals surface area contributed by atoms with Gasteiger partial charge in [0.1, 0.15) is 0 Å². The molecule has 0 spiro atoms. The highest BCUT2D eigenvalue weighted by Crippen LogP contribution is 2.26. The second kappa shape index (κ2) is 3.30. The quantitative estimate of drug-likeness (QED) is 0.666. The summed E-state index contributed by atoms with van der Waals surface area (Å²) in [6.07, 6.45) is 4.91. The third kappa shape index (κ3) is 1.30. The molecular weight excluding hydrogens is 204 g/mol. The summed E-state index contributed by atoms with van der Waals surface area (Å²) >= 11 is 0. The molecular formula is C11H8N4O. The van der Waals surface area contributed by atoms with Crippen molar-refractivity contribution in [2.24, 2.45) is 0 Å². The Morgan fingerprint density at radius 3 is 2.62 bits per heavy atom. The summed E-state index contributed by atoms with van der Waals surface area (Å²) in [5, 5.41) is 3.64. The lowest BCUT2D eigenvalue weighted by molar-refractivity contribution is 0.436. The maximum Gasteiger partial charge on any atom is 0.229 e. The van der Waals surface area contributed by atoms with Gasteiger partial charge < -0.3 is 10.3 Å². The molecule has 5 nitrogen and oxygen atoms in total. The van der Waals surface area contributed by atoms with Gasteiger partial charge in [0.15, 0.2) is 0 Å². The van der Waals surface area contributed by atoms with Crippen LogP contribution in [0.1, 0.15) is 0 Å². The van der Waals surface area contributed by atoms with Gasteiger partial charge in [0, 0.05) is 12.4 Å². The third-order valence-corrected chi connectivity index (χ3v) is 2.38. The fourth-order valence-corrected chi connectivity index (χ4v) is 1.60. The van der Waals surface area contributed by atoms with E-state index in [2.05, 4.69) is 15.1 Å². The monoisotopic (exact) mass is 212 g/mol. The van der Waals surface area contributed by atoms with E-state index >= 15 is 0 Å². The molecule has 0 saturated carbocycles. The van der Waals surface area contributed by atoms with E-state index in [0.717, 1.165) is 22.2 Å². The Bertz CT molecular complexity index is 647. The Balaban J connectivity index is 2.23. The highest BCUT2D eigenvalue weighted by Gasteiger charge is 2.07. The molecule has 3 rings (SSSR count). The molecule has 3 aromatic rings. The van der Waals surface area contributed by atoms with Crippen LogP contribution in [0.15, 0.2) is 41.3 Å². The number of nitrogens with two attached hydrogens (primary N) is 1. The number of benzene rings is 1. The van der Waals surface area contributed by atoms with Crippen molar-refractivity contribution in [3.05, 3.63) is 36.8 Å². The van der Waals surface area contributed by atoms with Crippen molar-refractivity contribution in [2.45, 2.75) is 0 Å². The zero-order valence-corrected chi connectivity index (χ0v) is 8.29. The van der Waals surface area contributed by atoms with Crippen LogP contribution in [-0.4, -0.2) is 15.1 Å². The lowest BCUT2D eigenvalue weighted by Crippen LogP contribution is -1.86. The molecule has 0 aliphatic rings. The Morgan fingerprint density at radius 2 is 1.88 bits per heavy atom.